The normalized spacial score (nSPS) is 19.9. The van der Waals surface area contributed by atoms with E-state index in [1.807, 2.05) is 0 Å². The molecule has 7 nitrogen and oxygen atoms in total. The van der Waals surface area contributed by atoms with Crippen molar-refractivity contribution in [2.45, 2.75) is 25.5 Å². The number of amides is 1. The third-order valence-electron chi connectivity index (χ3n) is 3.91. The number of halogens is 1. The van der Waals surface area contributed by atoms with Gasteiger partial charge < -0.3 is 14.4 Å². The van der Waals surface area contributed by atoms with Crippen molar-refractivity contribution in [2.24, 2.45) is 0 Å². The third kappa shape index (κ3) is 5.61. The molecule has 0 radical (unpaired) electrons. The van der Waals surface area contributed by atoms with Crippen LogP contribution in [0.1, 0.15) is 13.3 Å². The van der Waals surface area contributed by atoms with Gasteiger partial charge in [-0.2, -0.15) is 0 Å². The van der Waals surface area contributed by atoms with Crippen molar-refractivity contribution in [3.8, 4) is 5.75 Å². The minimum atomic E-state index is -3.10. The molecule has 1 aliphatic rings. The van der Waals surface area contributed by atoms with Gasteiger partial charge in [0.05, 0.1) is 11.5 Å². The highest BCUT2D eigenvalue weighted by Gasteiger charge is 2.34. The number of benzene rings is 1. The van der Waals surface area contributed by atoms with Crippen LogP contribution in [0, 0.1) is 0 Å². The highest BCUT2D eigenvalue weighted by atomic mass is 35.5. The van der Waals surface area contributed by atoms with Crippen LogP contribution < -0.4 is 4.74 Å². The molecule has 2 atom stereocenters. The molecule has 0 unspecified atom stereocenters. The van der Waals surface area contributed by atoms with E-state index in [1.54, 1.807) is 24.3 Å². The predicted molar refractivity (Wildman–Crippen MR) is 92.3 cm³/mol. The van der Waals surface area contributed by atoms with E-state index in [0.717, 1.165) is 0 Å². The lowest BCUT2D eigenvalue weighted by molar-refractivity contribution is -0.160. The van der Waals surface area contributed by atoms with Gasteiger partial charge >= 0.3 is 5.97 Å². The first-order valence-corrected chi connectivity index (χ1v) is 9.93. The molecule has 1 aromatic rings. The standard InChI is InChI=1S/C16H20ClNO6S/c1-11(16(20)18(2)13-6-7-25(21,22)10-13)24-15(19)9-23-14-5-3-4-12(17)8-14/h3-5,8,11,13H,6-7,9-10H2,1-2H3/t11-,13-/m0/s1. The average Bonchev–Trinajstić information content (AvgIpc) is 2.91. The Morgan fingerprint density at radius 2 is 2.12 bits per heavy atom. The molecule has 1 aliphatic heterocycles. The van der Waals surface area contributed by atoms with E-state index in [9.17, 15) is 18.0 Å². The van der Waals surface area contributed by atoms with Crippen LogP contribution in [-0.4, -0.2) is 62.5 Å². The number of hydrogen-bond donors (Lipinski definition) is 0. The fourth-order valence-electron chi connectivity index (χ4n) is 2.53. The van der Waals surface area contributed by atoms with Crippen LogP contribution in [0.15, 0.2) is 24.3 Å². The van der Waals surface area contributed by atoms with Gasteiger partial charge in [-0.05, 0) is 31.5 Å². The minimum absolute atomic E-state index is 0.0617. The monoisotopic (exact) mass is 389 g/mol. The zero-order valence-corrected chi connectivity index (χ0v) is 15.5. The van der Waals surface area contributed by atoms with Gasteiger partial charge in [0.1, 0.15) is 5.75 Å². The Labute approximate surface area is 151 Å². The summed E-state index contributed by atoms with van der Waals surface area (Å²) in [7, 11) is -1.58. The Bertz CT molecular complexity index is 751. The van der Waals surface area contributed by atoms with Crippen molar-refractivity contribution in [3.05, 3.63) is 29.3 Å². The van der Waals surface area contributed by atoms with E-state index in [0.29, 0.717) is 17.2 Å². The maximum atomic E-state index is 12.3. The number of nitrogens with zero attached hydrogens (tertiary/aromatic N) is 1. The van der Waals surface area contributed by atoms with Gasteiger partial charge in [0.15, 0.2) is 22.5 Å². The summed E-state index contributed by atoms with van der Waals surface area (Å²) >= 11 is 5.81. The van der Waals surface area contributed by atoms with Gasteiger partial charge in [0, 0.05) is 18.1 Å². The first-order valence-electron chi connectivity index (χ1n) is 7.73. The SMILES string of the molecule is C[C@H](OC(=O)COc1cccc(Cl)c1)C(=O)N(C)[C@H]1CCS(=O)(=O)C1. The smallest absolute Gasteiger partial charge is 0.344 e. The summed E-state index contributed by atoms with van der Waals surface area (Å²) < 4.78 is 33.3. The number of rotatable bonds is 6. The summed E-state index contributed by atoms with van der Waals surface area (Å²) in [5.41, 5.74) is 0. The lowest BCUT2D eigenvalue weighted by atomic mass is 10.2. The molecule has 1 amide bonds. The summed E-state index contributed by atoms with van der Waals surface area (Å²) in [6.07, 6.45) is -0.632. The number of sulfone groups is 1. The maximum Gasteiger partial charge on any atom is 0.344 e. The Hall–Kier alpha value is -1.80. The Morgan fingerprint density at radius 1 is 1.40 bits per heavy atom. The zero-order chi connectivity index (χ0) is 18.6. The Kier molecular flexibility index (Phi) is 6.29. The quantitative estimate of drug-likeness (QED) is 0.681. The van der Waals surface area contributed by atoms with Crippen molar-refractivity contribution in [3.63, 3.8) is 0 Å². The molecule has 1 fully saturated rings. The third-order valence-corrected chi connectivity index (χ3v) is 5.90. The lowest BCUT2D eigenvalue weighted by Crippen LogP contribution is -2.44. The van der Waals surface area contributed by atoms with Crippen LogP contribution in [0.3, 0.4) is 0 Å². The molecule has 0 saturated carbocycles. The highest BCUT2D eigenvalue weighted by Crippen LogP contribution is 2.18. The summed E-state index contributed by atoms with van der Waals surface area (Å²) in [5, 5.41) is 0.475. The molecule has 2 rings (SSSR count). The highest BCUT2D eigenvalue weighted by molar-refractivity contribution is 7.91. The molecule has 1 heterocycles. The van der Waals surface area contributed by atoms with Crippen LogP contribution in [0.25, 0.3) is 0 Å². The molecule has 0 N–H and O–H groups in total. The summed E-state index contributed by atoms with van der Waals surface area (Å²) in [4.78, 5) is 25.4. The van der Waals surface area contributed by atoms with Crippen molar-refractivity contribution < 1.29 is 27.5 Å². The molecule has 9 heteroatoms. The molecule has 1 aromatic carbocycles. The van der Waals surface area contributed by atoms with Gasteiger partial charge in [-0.1, -0.05) is 17.7 Å². The number of ether oxygens (including phenoxy) is 2. The number of carbonyl (C=O) groups is 2. The predicted octanol–water partition coefficient (Wildman–Crippen LogP) is 1.30. The molecular formula is C16H20ClNO6S. The largest absolute Gasteiger partial charge is 0.482 e. The van der Waals surface area contributed by atoms with Crippen LogP contribution in [0.5, 0.6) is 5.75 Å². The van der Waals surface area contributed by atoms with Crippen molar-refractivity contribution in [1.29, 1.82) is 0 Å². The molecule has 0 aliphatic carbocycles. The van der Waals surface area contributed by atoms with E-state index < -0.39 is 27.8 Å². The Morgan fingerprint density at radius 3 is 2.72 bits per heavy atom. The van der Waals surface area contributed by atoms with Crippen LogP contribution >= 0.6 is 11.6 Å². The van der Waals surface area contributed by atoms with Crippen molar-refractivity contribution in [1.82, 2.24) is 4.90 Å². The lowest BCUT2D eigenvalue weighted by Gasteiger charge is -2.26. The van der Waals surface area contributed by atoms with Crippen molar-refractivity contribution >= 4 is 33.3 Å². The topological polar surface area (TPSA) is 90.0 Å². The first kappa shape index (κ1) is 19.5. The van der Waals surface area contributed by atoms with Gasteiger partial charge in [0.25, 0.3) is 5.91 Å². The van der Waals surface area contributed by atoms with Gasteiger partial charge in [-0.25, -0.2) is 13.2 Å². The summed E-state index contributed by atoms with van der Waals surface area (Å²) in [5.74, 6) is -0.728. The second-order valence-corrected chi connectivity index (χ2v) is 8.55. The number of esters is 1. The van der Waals surface area contributed by atoms with E-state index in [4.69, 9.17) is 21.1 Å². The Balaban J connectivity index is 1.82. The zero-order valence-electron chi connectivity index (χ0n) is 14.0. The van der Waals surface area contributed by atoms with Crippen LogP contribution in [0.4, 0.5) is 0 Å². The number of carbonyl (C=O) groups excluding carboxylic acids is 2. The van der Waals surface area contributed by atoms with Crippen LogP contribution in [-0.2, 0) is 24.2 Å². The van der Waals surface area contributed by atoms with Gasteiger partial charge in [0.2, 0.25) is 0 Å². The molecular weight excluding hydrogens is 370 g/mol. The number of likely N-dealkylation sites (N-methyl/N-ethyl adjacent to an activating group) is 1. The molecule has 0 bridgehead atoms. The van der Waals surface area contributed by atoms with E-state index >= 15 is 0 Å². The fraction of sp³-hybridized carbons (Fsp3) is 0.500. The average molecular weight is 390 g/mol. The summed E-state index contributed by atoms with van der Waals surface area (Å²) in [6, 6.07) is 6.16. The maximum absolute atomic E-state index is 12.3. The summed E-state index contributed by atoms with van der Waals surface area (Å²) in [6.45, 7) is 1.08. The molecule has 0 spiro atoms. The second kappa shape index (κ2) is 8.05. The number of hydrogen-bond acceptors (Lipinski definition) is 6. The van der Waals surface area contributed by atoms with E-state index in [-0.39, 0.29) is 24.2 Å². The van der Waals surface area contributed by atoms with Gasteiger partial charge in [-0.3, -0.25) is 4.79 Å². The van der Waals surface area contributed by atoms with E-state index in [2.05, 4.69) is 0 Å². The molecule has 1 saturated heterocycles. The van der Waals surface area contributed by atoms with Crippen LogP contribution in [0.2, 0.25) is 5.02 Å². The molecule has 138 valence electrons. The molecule has 25 heavy (non-hydrogen) atoms. The fourth-order valence-corrected chi connectivity index (χ4v) is 4.48. The first-order chi connectivity index (χ1) is 11.7. The second-order valence-electron chi connectivity index (χ2n) is 5.88. The van der Waals surface area contributed by atoms with Crippen molar-refractivity contribution in [2.75, 3.05) is 25.2 Å². The molecule has 0 aromatic heterocycles. The minimum Gasteiger partial charge on any atom is -0.482 e. The van der Waals surface area contributed by atoms with Gasteiger partial charge in [-0.15, -0.1) is 0 Å². The van der Waals surface area contributed by atoms with E-state index in [1.165, 1.54) is 18.9 Å².